The molecule has 6 nitrogen and oxygen atoms in total. The zero-order valence-electron chi connectivity index (χ0n) is 15.6. The Bertz CT molecular complexity index is 827. The second kappa shape index (κ2) is 7.80. The van der Waals surface area contributed by atoms with Crippen molar-refractivity contribution in [1.82, 2.24) is 14.8 Å². The van der Waals surface area contributed by atoms with E-state index in [4.69, 9.17) is 5.10 Å². The third kappa shape index (κ3) is 3.95. The van der Waals surface area contributed by atoms with Gasteiger partial charge in [0.2, 0.25) is 0 Å². The molecule has 0 aliphatic carbocycles. The lowest BCUT2D eigenvalue weighted by Crippen LogP contribution is -2.48. The Labute approximate surface area is 160 Å². The summed E-state index contributed by atoms with van der Waals surface area (Å²) in [6, 6.07) is 17.7. The van der Waals surface area contributed by atoms with Gasteiger partial charge >= 0.3 is 6.03 Å². The minimum Gasteiger partial charge on any atom is -0.352 e. The molecule has 1 N–H and O–H groups in total. The number of para-hydroxylation sites is 1. The van der Waals surface area contributed by atoms with Crippen LogP contribution in [0, 0.1) is 0 Å². The first-order valence-corrected chi connectivity index (χ1v) is 9.44. The lowest BCUT2D eigenvalue weighted by atomic mass is 10.0. The molecule has 0 radical (unpaired) electrons. The van der Waals surface area contributed by atoms with Crippen LogP contribution in [-0.4, -0.2) is 66.4 Å². The molecule has 0 saturated carbocycles. The second-order valence-electron chi connectivity index (χ2n) is 7.04. The standard InChI is InChI=1S/C21H25N5O/c1-24-13-15-25(16-14-24)20-19-10-6-5-7-17(19)11-12-26(23-20)21(27)22-18-8-3-2-4-9-18/h2-10H,11-16H2,1H3,(H,22,27). The van der Waals surface area contributed by atoms with E-state index in [0.29, 0.717) is 6.54 Å². The number of hydrogen-bond acceptors (Lipinski definition) is 4. The van der Waals surface area contributed by atoms with E-state index in [-0.39, 0.29) is 6.03 Å². The van der Waals surface area contributed by atoms with Crippen molar-refractivity contribution in [2.75, 3.05) is 45.1 Å². The number of hydrogen-bond donors (Lipinski definition) is 1. The molecule has 2 aromatic rings. The van der Waals surface area contributed by atoms with Crippen molar-refractivity contribution in [1.29, 1.82) is 0 Å². The molecule has 4 rings (SSSR count). The Hall–Kier alpha value is -2.86. The predicted molar refractivity (Wildman–Crippen MR) is 108 cm³/mol. The first-order chi connectivity index (χ1) is 13.2. The summed E-state index contributed by atoms with van der Waals surface area (Å²) in [7, 11) is 2.14. The summed E-state index contributed by atoms with van der Waals surface area (Å²) in [5.41, 5.74) is 3.16. The van der Waals surface area contributed by atoms with Crippen LogP contribution in [-0.2, 0) is 6.42 Å². The van der Waals surface area contributed by atoms with Crippen LogP contribution in [0.1, 0.15) is 11.1 Å². The van der Waals surface area contributed by atoms with Crippen molar-refractivity contribution in [2.45, 2.75) is 6.42 Å². The average molecular weight is 363 g/mol. The van der Waals surface area contributed by atoms with Gasteiger partial charge in [0.1, 0.15) is 0 Å². The number of amidine groups is 1. The minimum absolute atomic E-state index is 0.194. The van der Waals surface area contributed by atoms with Crippen LogP contribution in [0.4, 0.5) is 10.5 Å². The largest absolute Gasteiger partial charge is 0.352 e. The molecule has 2 aromatic carbocycles. The Balaban J connectivity index is 1.62. The van der Waals surface area contributed by atoms with Crippen molar-refractivity contribution in [3.8, 4) is 0 Å². The minimum atomic E-state index is -0.194. The highest BCUT2D eigenvalue weighted by atomic mass is 16.2. The van der Waals surface area contributed by atoms with E-state index in [2.05, 4.69) is 40.4 Å². The van der Waals surface area contributed by atoms with Gasteiger partial charge < -0.3 is 15.1 Å². The predicted octanol–water partition coefficient (Wildman–Crippen LogP) is 2.69. The van der Waals surface area contributed by atoms with Crippen LogP contribution in [0.5, 0.6) is 0 Å². The highest BCUT2D eigenvalue weighted by Crippen LogP contribution is 2.20. The Morgan fingerprint density at radius 3 is 2.41 bits per heavy atom. The molecule has 1 saturated heterocycles. The normalized spacial score (nSPS) is 17.7. The SMILES string of the molecule is CN1CCN(C2=NN(C(=O)Nc3ccccc3)CCc3ccccc32)CC1. The summed E-state index contributed by atoms with van der Waals surface area (Å²) < 4.78 is 0. The molecule has 27 heavy (non-hydrogen) atoms. The fourth-order valence-corrected chi connectivity index (χ4v) is 3.51. The van der Waals surface area contributed by atoms with E-state index in [1.54, 1.807) is 5.01 Å². The third-order valence-corrected chi connectivity index (χ3v) is 5.13. The molecule has 0 bridgehead atoms. The number of piperazine rings is 1. The number of carbonyl (C=O) groups excluding carboxylic acids is 1. The number of rotatable bonds is 1. The van der Waals surface area contributed by atoms with Gasteiger partial charge in [0.25, 0.3) is 0 Å². The van der Waals surface area contributed by atoms with Gasteiger partial charge in [-0.1, -0.05) is 42.5 Å². The maximum Gasteiger partial charge on any atom is 0.342 e. The van der Waals surface area contributed by atoms with Crippen molar-refractivity contribution >= 4 is 17.6 Å². The highest BCUT2D eigenvalue weighted by molar-refractivity contribution is 6.01. The summed E-state index contributed by atoms with van der Waals surface area (Å²) in [6.07, 6.45) is 0.791. The Morgan fingerprint density at radius 1 is 0.926 bits per heavy atom. The number of amides is 2. The molecule has 2 aliphatic heterocycles. The quantitative estimate of drug-likeness (QED) is 0.848. The average Bonchev–Trinajstić information content (AvgIpc) is 2.90. The van der Waals surface area contributed by atoms with Crippen LogP contribution >= 0.6 is 0 Å². The molecule has 1 fully saturated rings. The molecule has 0 unspecified atom stereocenters. The van der Waals surface area contributed by atoms with Gasteiger partial charge in [0.05, 0.1) is 6.54 Å². The topological polar surface area (TPSA) is 51.2 Å². The number of anilines is 1. The van der Waals surface area contributed by atoms with Gasteiger partial charge in [0.15, 0.2) is 5.84 Å². The van der Waals surface area contributed by atoms with Crippen molar-refractivity contribution < 1.29 is 4.79 Å². The van der Waals surface area contributed by atoms with Gasteiger partial charge in [-0.15, -0.1) is 0 Å². The lowest BCUT2D eigenvalue weighted by Gasteiger charge is -2.35. The van der Waals surface area contributed by atoms with E-state index in [1.165, 1.54) is 5.56 Å². The molecular formula is C21H25N5O. The number of urea groups is 1. The summed E-state index contributed by atoms with van der Waals surface area (Å²) in [5, 5.41) is 9.33. The molecule has 2 aliphatic rings. The van der Waals surface area contributed by atoms with E-state index in [1.807, 2.05) is 36.4 Å². The van der Waals surface area contributed by atoms with E-state index < -0.39 is 0 Å². The monoisotopic (exact) mass is 363 g/mol. The van der Waals surface area contributed by atoms with E-state index >= 15 is 0 Å². The van der Waals surface area contributed by atoms with Gasteiger partial charge in [-0.3, -0.25) is 0 Å². The van der Waals surface area contributed by atoms with Crippen LogP contribution in [0.15, 0.2) is 59.7 Å². The van der Waals surface area contributed by atoms with Gasteiger partial charge in [-0.2, -0.15) is 5.10 Å². The fourth-order valence-electron chi connectivity index (χ4n) is 3.51. The fraction of sp³-hybridized carbons (Fsp3) is 0.333. The number of nitrogens with one attached hydrogen (secondary N) is 1. The molecular weight excluding hydrogens is 338 g/mol. The molecule has 140 valence electrons. The second-order valence-corrected chi connectivity index (χ2v) is 7.04. The van der Waals surface area contributed by atoms with Crippen molar-refractivity contribution in [3.63, 3.8) is 0 Å². The number of hydrazone groups is 1. The molecule has 2 amide bonds. The third-order valence-electron chi connectivity index (χ3n) is 5.13. The maximum atomic E-state index is 12.8. The van der Waals surface area contributed by atoms with Crippen LogP contribution in [0.3, 0.4) is 0 Å². The maximum absolute atomic E-state index is 12.8. The van der Waals surface area contributed by atoms with Gasteiger partial charge in [-0.05, 0) is 31.2 Å². The van der Waals surface area contributed by atoms with Gasteiger partial charge in [0, 0.05) is 37.4 Å². The Kier molecular flexibility index (Phi) is 5.07. The smallest absolute Gasteiger partial charge is 0.342 e. The summed E-state index contributed by atoms with van der Waals surface area (Å²) in [5.74, 6) is 0.902. The number of fused-ring (bicyclic) bond motifs is 1. The molecule has 0 atom stereocenters. The van der Waals surface area contributed by atoms with Crippen LogP contribution in [0.2, 0.25) is 0 Å². The highest BCUT2D eigenvalue weighted by Gasteiger charge is 2.26. The first-order valence-electron chi connectivity index (χ1n) is 9.44. The van der Waals surface area contributed by atoms with E-state index in [0.717, 1.165) is 49.7 Å². The molecule has 2 heterocycles. The molecule has 0 aromatic heterocycles. The zero-order valence-corrected chi connectivity index (χ0v) is 15.6. The van der Waals surface area contributed by atoms with E-state index in [9.17, 15) is 4.79 Å². The van der Waals surface area contributed by atoms with Crippen LogP contribution in [0.25, 0.3) is 0 Å². The number of likely N-dealkylation sites (N-methyl/N-ethyl adjacent to an activating group) is 1. The number of nitrogens with zero attached hydrogens (tertiary/aromatic N) is 4. The van der Waals surface area contributed by atoms with Crippen molar-refractivity contribution in [2.24, 2.45) is 5.10 Å². The molecule has 0 spiro atoms. The zero-order chi connectivity index (χ0) is 18.6. The molecule has 6 heteroatoms. The first kappa shape index (κ1) is 17.5. The summed E-state index contributed by atoms with van der Waals surface area (Å²) in [6.45, 7) is 4.39. The summed E-state index contributed by atoms with van der Waals surface area (Å²) >= 11 is 0. The number of benzene rings is 2. The lowest BCUT2D eigenvalue weighted by molar-refractivity contribution is 0.204. The van der Waals surface area contributed by atoms with Crippen LogP contribution < -0.4 is 5.32 Å². The van der Waals surface area contributed by atoms with Crippen molar-refractivity contribution in [3.05, 3.63) is 65.7 Å². The Morgan fingerprint density at radius 2 is 1.63 bits per heavy atom. The number of carbonyl (C=O) groups is 1. The summed E-state index contributed by atoms with van der Waals surface area (Å²) in [4.78, 5) is 17.5. The van der Waals surface area contributed by atoms with Gasteiger partial charge in [-0.25, -0.2) is 9.80 Å².